The summed E-state index contributed by atoms with van der Waals surface area (Å²) in [7, 11) is 1.70. The fourth-order valence-electron chi connectivity index (χ4n) is 1.68. The second-order valence-electron chi connectivity index (χ2n) is 5.34. The lowest BCUT2D eigenvalue weighted by molar-refractivity contribution is 0.0444. The van der Waals surface area contributed by atoms with Gasteiger partial charge in [-0.3, -0.25) is 0 Å². The molecule has 104 valence electrons. The molecule has 0 aromatic heterocycles. The van der Waals surface area contributed by atoms with Gasteiger partial charge < -0.3 is 14.8 Å². The van der Waals surface area contributed by atoms with Crippen LogP contribution in [-0.2, 0) is 9.47 Å². The van der Waals surface area contributed by atoms with E-state index in [2.05, 4.69) is 33.0 Å². The highest BCUT2D eigenvalue weighted by Crippen LogP contribution is 2.30. The molecule has 0 heterocycles. The first-order valence-corrected chi connectivity index (χ1v) is 6.84. The van der Waals surface area contributed by atoms with Crippen molar-refractivity contribution in [1.29, 1.82) is 0 Å². The van der Waals surface area contributed by atoms with Crippen molar-refractivity contribution in [1.82, 2.24) is 5.32 Å². The third-order valence-electron chi connectivity index (χ3n) is 3.60. The SMILES string of the molecule is CCCNCC(C)(CCOCCOC)C(C)C. The highest BCUT2D eigenvalue weighted by atomic mass is 16.5. The summed E-state index contributed by atoms with van der Waals surface area (Å²) in [4.78, 5) is 0. The van der Waals surface area contributed by atoms with Crippen LogP contribution in [0.4, 0.5) is 0 Å². The standard InChI is InChI=1S/C14H31NO2/c1-6-8-15-12-14(4,13(2)3)7-9-17-11-10-16-5/h13,15H,6-12H2,1-5H3. The Hall–Kier alpha value is -0.120. The Morgan fingerprint density at radius 3 is 2.41 bits per heavy atom. The molecule has 0 amide bonds. The average Bonchev–Trinajstić information content (AvgIpc) is 2.29. The Bertz CT molecular complexity index is 174. The van der Waals surface area contributed by atoms with Gasteiger partial charge in [0.05, 0.1) is 13.2 Å². The van der Waals surface area contributed by atoms with Crippen molar-refractivity contribution < 1.29 is 9.47 Å². The number of hydrogen-bond donors (Lipinski definition) is 1. The Morgan fingerprint density at radius 2 is 1.88 bits per heavy atom. The van der Waals surface area contributed by atoms with Crippen molar-refractivity contribution in [2.24, 2.45) is 11.3 Å². The minimum Gasteiger partial charge on any atom is -0.382 e. The first-order chi connectivity index (χ1) is 8.06. The molecule has 0 aliphatic rings. The second kappa shape index (κ2) is 9.86. The monoisotopic (exact) mass is 245 g/mol. The molecule has 17 heavy (non-hydrogen) atoms. The lowest BCUT2D eigenvalue weighted by atomic mass is 9.76. The van der Waals surface area contributed by atoms with E-state index in [0.717, 1.165) is 26.1 Å². The smallest absolute Gasteiger partial charge is 0.0700 e. The molecule has 0 aromatic rings. The van der Waals surface area contributed by atoms with Gasteiger partial charge >= 0.3 is 0 Å². The number of hydrogen-bond acceptors (Lipinski definition) is 3. The van der Waals surface area contributed by atoms with Crippen LogP contribution in [0.15, 0.2) is 0 Å². The molecule has 3 heteroatoms. The van der Waals surface area contributed by atoms with E-state index >= 15 is 0 Å². The zero-order valence-electron chi connectivity index (χ0n) is 12.3. The van der Waals surface area contributed by atoms with Crippen LogP contribution in [0.1, 0.15) is 40.5 Å². The van der Waals surface area contributed by atoms with Crippen molar-refractivity contribution in [3.8, 4) is 0 Å². The van der Waals surface area contributed by atoms with E-state index < -0.39 is 0 Å². The largest absolute Gasteiger partial charge is 0.382 e. The summed E-state index contributed by atoms with van der Waals surface area (Å²) >= 11 is 0. The van der Waals surface area contributed by atoms with Gasteiger partial charge in [-0.2, -0.15) is 0 Å². The van der Waals surface area contributed by atoms with Gasteiger partial charge in [-0.15, -0.1) is 0 Å². The summed E-state index contributed by atoms with van der Waals surface area (Å²) in [5, 5.41) is 3.53. The zero-order valence-corrected chi connectivity index (χ0v) is 12.3. The van der Waals surface area contributed by atoms with Crippen LogP contribution < -0.4 is 5.32 Å². The first-order valence-electron chi connectivity index (χ1n) is 6.84. The quantitative estimate of drug-likeness (QED) is 0.568. The van der Waals surface area contributed by atoms with Crippen molar-refractivity contribution >= 4 is 0 Å². The fraction of sp³-hybridized carbons (Fsp3) is 1.00. The average molecular weight is 245 g/mol. The minimum atomic E-state index is 0.322. The molecular weight excluding hydrogens is 214 g/mol. The molecule has 0 saturated heterocycles. The summed E-state index contributed by atoms with van der Waals surface area (Å²) in [6, 6.07) is 0. The maximum Gasteiger partial charge on any atom is 0.0700 e. The van der Waals surface area contributed by atoms with Gasteiger partial charge in [-0.25, -0.2) is 0 Å². The molecule has 0 aliphatic heterocycles. The van der Waals surface area contributed by atoms with E-state index in [1.54, 1.807) is 7.11 Å². The van der Waals surface area contributed by atoms with E-state index in [-0.39, 0.29) is 0 Å². The van der Waals surface area contributed by atoms with Crippen LogP contribution in [0.3, 0.4) is 0 Å². The van der Waals surface area contributed by atoms with Gasteiger partial charge in [0.25, 0.3) is 0 Å². The Morgan fingerprint density at radius 1 is 1.18 bits per heavy atom. The zero-order chi connectivity index (χ0) is 13.1. The van der Waals surface area contributed by atoms with Crippen molar-refractivity contribution in [2.45, 2.75) is 40.5 Å². The first kappa shape index (κ1) is 16.9. The minimum absolute atomic E-state index is 0.322. The lowest BCUT2D eigenvalue weighted by Gasteiger charge is -2.34. The predicted octanol–water partition coefficient (Wildman–Crippen LogP) is 2.70. The molecule has 0 radical (unpaired) electrons. The third-order valence-corrected chi connectivity index (χ3v) is 3.60. The highest BCUT2D eigenvalue weighted by Gasteiger charge is 2.27. The van der Waals surface area contributed by atoms with Crippen molar-refractivity contribution in [3.63, 3.8) is 0 Å². The van der Waals surface area contributed by atoms with Crippen LogP contribution in [0.25, 0.3) is 0 Å². The van der Waals surface area contributed by atoms with Gasteiger partial charge in [-0.1, -0.05) is 27.7 Å². The maximum absolute atomic E-state index is 5.57. The molecule has 3 nitrogen and oxygen atoms in total. The fourth-order valence-corrected chi connectivity index (χ4v) is 1.68. The van der Waals surface area contributed by atoms with E-state index in [1.807, 2.05) is 0 Å². The van der Waals surface area contributed by atoms with Crippen LogP contribution in [0, 0.1) is 11.3 Å². The Kier molecular flexibility index (Phi) is 9.79. The molecule has 1 N–H and O–H groups in total. The maximum atomic E-state index is 5.57. The van der Waals surface area contributed by atoms with E-state index in [0.29, 0.717) is 24.5 Å². The molecule has 0 rings (SSSR count). The molecule has 0 spiro atoms. The number of rotatable bonds is 11. The molecule has 0 saturated carbocycles. The van der Waals surface area contributed by atoms with Gasteiger partial charge in [0.15, 0.2) is 0 Å². The number of nitrogens with one attached hydrogen (secondary N) is 1. The van der Waals surface area contributed by atoms with Crippen molar-refractivity contribution in [2.75, 3.05) is 40.0 Å². The number of methoxy groups -OCH3 is 1. The van der Waals surface area contributed by atoms with Crippen LogP contribution in [0.5, 0.6) is 0 Å². The van der Waals surface area contributed by atoms with Gasteiger partial charge in [0.2, 0.25) is 0 Å². The van der Waals surface area contributed by atoms with E-state index in [1.165, 1.54) is 6.42 Å². The lowest BCUT2D eigenvalue weighted by Crippen LogP contribution is -2.37. The summed E-state index contributed by atoms with van der Waals surface area (Å²) in [6.45, 7) is 13.5. The number of ether oxygens (including phenoxy) is 2. The summed E-state index contributed by atoms with van der Waals surface area (Å²) in [5.41, 5.74) is 0.322. The van der Waals surface area contributed by atoms with Gasteiger partial charge in [0, 0.05) is 20.3 Å². The second-order valence-corrected chi connectivity index (χ2v) is 5.34. The molecule has 0 fully saturated rings. The van der Waals surface area contributed by atoms with Crippen LogP contribution >= 0.6 is 0 Å². The summed E-state index contributed by atoms with van der Waals surface area (Å²) in [6.07, 6.45) is 2.30. The molecule has 0 aromatic carbocycles. The molecule has 1 atom stereocenters. The van der Waals surface area contributed by atoms with Crippen LogP contribution in [-0.4, -0.2) is 40.0 Å². The summed E-state index contributed by atoms with van der Waals surface area (Å²) < 4.78 is 10.5. The third kappa shape index (κ3) is 7.74. The van der Waals surface area contributed by atoms with E-state index in [9.17, 15) is 0 Å². The summed E-state index contributed by atoms with van der Waals surface area (Å²) in [5.74, 6) is 0.665. The van der Waals surface area contributed by atoms with Gasteiger partial charge in [0.1, 0.15) is 0 Å². The molecule has 0 aliphatic carbocycles. The Labute approximate surface area is 107 Å². The van der Waals surface area contributed by atoms with E-state index in [4.69, 9.17) is 9.47 Å². The normalized spacial score (nSPS) is 15.2. The topological polar surface area (TPSA) is 30.5 Å². The highest BCUT2D eigenvalue weighted by molar-refractivity contribution is 4.80. The predicted molar refractivity (Wildman–Crippen MR) is 73.4 cm³/mol. The molecular formula is C14H31NO2. The molecule has 0 bridgehead atoms. The van der Waals surface area contributed by atoms with Crippen molar-refractivity contribution in [3.05, 3.63) is 0 Å². The molecule has 1 unspecified atom stereocenters. The van der Waals surface area contributed by atoms with Crippen LogP contribution in [0.2, 0.25) is 0 Å². The Balaban J connectivity index is 3.86. The van der Waals surface area contributed by atoms with Gasteiger partial charge in [-0.05, 0) is 30.7 Å².